The summed E-state index contributed by atoms with van der Waals surface area (Å²) < 4.78 is 5.17. The maximum atomic E-state index is 11.2. The first-order chi connectivity index (χ1) is 9.07. The average molecular weight is 346 g/mol. The van der Waals surface area contributed by atoms with Crippen molar-refractivity contribution in [3.05, 3.63) is 30.3 Å². The molecule has 0 atom stereocenters. The van der Waals surface area contributed by atoms with E-state index in [0.717, 1.165) is 23.9 Å². The molecule has 108 valence electrons. The summed E-state index contributed by atoms with van der Waals surface area (Å²) in [5.74, 6) is 1.26. The number of hydrogen-bond acceptors (Lipinski definition) is 6. The molecule has 0 spiro atoms. The van der Waals surface area contributed by atoms with Crippen molar-refractivity contribution in [2.75, 3.05) is 24.7 Å². The standard InChI is InChI=1S/C10H13Cl2NO4S2/c11-9(12)8(18-5-1-3-14)7(13(15)16)10-17-4-2-6-19-10/h14H,1-6H2/b10-7+. The zero-order chi connectivity index (χ0) is 14.3. The summed E-state index contributed by atoms with van der Waals surface area (Å²) >= 11 is 13.9. The second kappa shape index (κ2) is 8.97. The highest BCUT2D eigenvalue weighted by Gasteiger charge is 2.29. The molecule has 9 heteroatoms. The van der Waals surface area contributed by atoms with Crippen LogP contribution >= 0.6 is 46.7 Å². The fourth-order valence-corrected chi connectivity index (χ4v) is 3.66. The van der Waals surface area contributed by atoms with E-state index in [-0.39, 0.29) is 26.8 Å². The molecule has 1 N–H and O–H groups in total. The lowest BCUT2D eigenvalue weighted by atomic mass is 10.4. The number of thioether (sulfide) groups is 2. The van der Waals surface area contributed by atoms with Crippen LogP contribution in [0, 0.1) is 10.1 Å². The van der Waals surface area contributed by atoms with Crippen LogP contribution in [0.15, 0.2) is 20.2 Å². The first kappa shape index (κ1) is 17.0. The molecule has 0 aliphatic carbocycles. The van der Waals surface area contributed by atoms with Crippen molar-refractivity contribution in [2.24, 2.45) is 0 Å². The van der Waals surface area contributed by atoms with E-state index in [2.05, 4.69) is 0 Å². The summed E-state index contributed by atoms with van der Waals surface area (Å²) in [7, 11) is 0. The quantitative estimate of drug-likeness (QED) is 0.452. The molecule has 5 nitrogen and oxygen atoms in total. The van der Waals surface area contributed by atoms with E-state index in [9.17, 15) is 10.1 Å². The van der Waals surface area contributed by atoms with Crippen LogP contribution in [0.25, 0.3) is 0 Å². The van der Waals surface area contributed by atoms with Crippen LogP contribution in [0.4, 0.5) is 0 Å². The van der Waals surface area contributed by atoms with Gasteiger partial charge in [0.15, 0.2) is 0 Å². The van der Waals surface area contributed by atoms with E-state index in [1.807, 2.05) is 0 Å². The zero-order valence-electron chi connectivity index (χ0n) is 9.93. The van der Waals surface area contributed by atoms with Gasteiger partial charge in [-0.1, -0.05) is 35.0 Å². The van der Waals surface area contributed by atoms with Crippen molar-refractivity contribution in [3.8, 4) is 0 Å². The molecule has 1 heterocycles. The normalized spacial score (nSPS) is 17.6. The van der Waals surface area contributed by atoms with Crippen molar-refractivity contribution < 1.29 is 14.8 Å². The Kier molecular flexibility index (Phi) is 8.01. The van der Waals surface area contributed by atoms with E-state index in [1.165, 1.54) is 11.8 Å². The van der Waals surface area contributed by atoms with Crippen molar-refractivity contribution in [2.45, 2.75) is 12.8 Å². The maximum absolute atomic E-state index is 11.2. The topological polar surface area (TPSA) is 72.6 Å². The van der Waals surface area contributed by atoms with Gasteiger partial charge in [0.05, 0.1) is 11.5 Å². The maximum Gasteiger partial charge on any atom is 0.333 e. The summed E-state index contributed by atoms with van der Waals surface area (Å²) in [5, 5.41) is 20.2. The van der Waals surface area contributed by atoms with Crippen LogP contribution in [-0.2, 0) is 4.74 Å². The third-order valence-corrected chi connectivity index (χ3v) is 4.91. The number of hydrogen-bond donors (Lipinski definition) is 1. The number of nitrogens with zero attached hydrogens (tertiary/aromatic N) is 1. The summed E-state index contributed by atoms with van der Waals surface area (Å²) in [5.41, 5.74) is -0.187. The van der Waals surface area contributed by atoms with Gasteiger partial charge in [-0.2, -0.15) is 0 Å². The highest BCUT2D eigenvalue weighted by atomic mass is 35.5. The molecule has 1 saturated heterocycles. The molecule has 0 bridgehead atoms. The van der Waals surface area contributed by atoms with Crippen LogP contribution in [0.5, 0.6) is 0 Å². The minimum absolute atomic E-state index is 0.00973. The van der Waals surface area contributed by atoms with Crippen LogP contribution < -0.4 is 0 Å². The zero-order valence-corrected chi connectivity index (χ0v) is 13.1. The van der Waals surface area contributed by atoms with Gasteiger partial charge in [-0.3, -0.25) is 10.1 Å². The molecule has 1 rings (SSSR count). The molecule has 0 amide bonds. The van der Waals surface area contributed by atoms with Gasteiger partial charge in [0.1, 0.15) is 9.40 Å². The highest BCUT2D eigenvalue weighted by Crippen LogP contribution is 2.38. The number of ether oxygens (including phenoxy) is 1. The molecule has 0 radical (unpaired) electrons. The Hall–Kier alpha value is -0.0800. The molecule has 0 saturated carbocycles. The molecule has 0 unspecified atom stereocenters. The third kappa shape index (κ3) is 5.43. The monoisotopic (exact) mass is 345 g/mol. The molecule has 1 fully saturated rings. The smallest absolute Gasteiger partial charge is 0.333 e. The average Bonchev–Trinajstić information content (AvgIpc) is 2.38. The summed E-state index contributed by atoms with van der Waals surface area (Å²) in [6.45, 7) is 0.462. The fraction of sp³-hybridized carbons (Fsp3) is 0.600. The second-order valence-corrected chi connectivity index (χ2v) is 6.58. The Bertz CT molecular complexity index is 389. The highest BCUT2D eigenvalue weighted by molar-refractivity contribution is 8.04. The van der Waals surface area contributed by atoms with E-state index >= 15 is 0 Å². The SMILES string of the molecule is O=[N+]([O-])/C(C(SCCCO)=C(Cl)Cl)=C1\OCCCS1. The minimum Gasteiger partial charge on any atom is -0.482 e. The summed E-state index contributed by atoms with van der Waals surface area (Å²) in [4.78, 5) is 10.9. The van der Waals surface area contributed by atoms with Crippen LogP contribution in [0.3, 0.4) is 0 Å². The Balaban J connectivity index is 3.00. The Morgan fingerprint density at radius 2 is 2.32 bits per heavy atom. The van der Waals surface area contributed by atoms with Crippen molar-refractivity contribution >= 4 is 46.7 Å². The van der Waals surface area contributed by atoms with Crippen LogP contribution in [0.1, 0.15) is 12.8 Å². The van der Waals surface area contributed by atoms with E-state index in [4.69, 9.17) is 33.0 Å². The number of rotatable bonds is 6. The molecule has 19 heavy (non-hydrogen) atoms. The Morgan fingerprint density at radius 3 is 2.79 bits per heavy atom. The van der Waals surface area contributed by atoms with E-state index in [1.54, 1.807) is 0 Å². The summed E-state index contributed by atoms with van der Waals surface area (Å²) in [6.07, 6.45) is 1.36. The largest absolute Gasteiger partial charge is 0.482 e. The molecule has 0 aromatic carbocycles. The predicted molar refractivity (Wildman–Crippen MR) is 79.9 cm³/mol. The molecular formula is C10H13Cl2NO4S2. The molecule has 1 aliphatic rings. The fourth-order valence-electron chi connectivity index (χ4n) is 1.27. The molecule has 0 aromatic rings. The number of nitro groups is 1. The Morgan fingerprint density at radius 1 is 1.58 bits per heavy atom. The van der Waals surface area contributed by atoms with Crippen LogP contribution in [0.2, 0.25) is 0 Å². The Labute approximate surface area is 129 Å². The lowest BCUT2D eigenvalue weighted by Gasteiger charge is -2.16. The van der Waals surface area contributed by atoms with Crippen molar-refractivity contribution in [1.82, 2.24) is 0 Å². The van der Waals surface area contributed by atoms with Gasteiger partial charge in [0.25, 0.3) is 0 Å². The minimum atomic E-state index is -0.528. The number of aliphatic hydroxyl groups is 1. The van der Waals surface area contributed by atoms with E-state index < -0.39 is 4.92 Å². The number of aliphatic hydroxyl groups excluding tert-OH is 1. The number of halogens is 2. The lowest BCUT2D eigenvalue weighted by Crippen LogP contribution is -2.11. The van der Waals surface area contributed by atoms with Crippen molar-refractivity contribution in [1.29, 1.82) is 0 Å². The van der Waals surface area contributed by atoms with Gasteiger partial charge in [0, 0.05) is 18.1 Å². The van der Waals surface area contributed by atoms with Gasteiger partial charge in [-0.15, -0.1) is 11.8 Å². The first-order valence-corrected chi connectivity index (χ1v) is 8.24. The molecule has 0 aromatic heterocycles. The molecular weight excluding hydrogens is 333 g/mol. The van der Waals surface area contributed by atoms with Gasteiger partial charge in [-0.05, 0) is 12.8 Å². The third-order valence-electron chi connectivity index (χ3n) is 2.07. The lowest BCUT2D eigenvalue weighted by molar-refractivity contribution is -0.422. The van der Waals surface area contributed by atoms with Crippen molar-refractivity contribution in [3.63, 3.8) is 0 Å². The van der Waals surface area contributed by atoms with Gasteiger partial charge >= 0.3 is 5.70 Å². The van der Waals surface area contributed by atoms with E-state index in [0.29, 0.717) is 18.8 Å². The molecule has 1 aliphatic heterocycles. The van der Waals surface area contributed by atoms with Gasteiger partial charge in [0.2, 0.25) is 5.09 Å². The predicted octanol–water partition coefficient (Wildman–Crippen LogP) is 3.35. The second-order valence-electron chi connectivity index (χ2n) is 3.46. The van der Waals surface area contributed by atoms with Gasteiger partial charge in [-0.25, -0.2) is 0 Å². The van der Waals surface area contributed by atoms with Crippen LogP contribution in [-0.4, -0.2) is 34.7 Å². The first-order valence-electron chi connectivity index (χ1n) is 5.51. The van der Waals surface area contributed by atoms with Gasteiger partial charge < -0.3 is 9.84 Å². The summed E-state index contributed by atoms with van der Waals surface area (Å²) in [6, 6.07) is 0.